The summed E-state index contributed by atoms with van der Waals surface area (Å²) in [6.45, 7) is -0.0365. The summed E-state index contributed by atoms with van der Waals surface area (Å²) < 4.78 is 1.84. The molecule has 1 aromatic heterocycles. The van der Waals surface area contributed by atoms with Crippen LogP contribution < -0.4 is 5.32 Å². The van der Waals surface area contributed by atoms with Gasteiger partial charge in [0.25, 0.3) is 0 Å². The number of hydrogen-bond acceptors (Lipinski definition) is 4. The molecule has 0 saturated heterocycles. The minimum absolute atomic E-state index is 0.0365. The van der Waals surface area contributed by atoms with Gasteiger partial charge in [0.05, 0.1) is 23.0 Å². The molecule has 8 heteroatoms. The number of nitrogens with zero attached hydrogens (tertiary/aromatic N) is 3. The smallest absolute Gasteiger partial charge is 0.244 e. The fourth-order valence-electron chi connectivity index (χ4n) is 1.78. The monoisotopic (exact) mass is 352 g/mol. The highest BCUT2D eigenvalue weighted by molar-refractivity contribution is 7.99. The largest absolute Gasteiger partial charge is 0.336 e. The number of amides is 2. The standard InChI is InChI=1S/C15H17ClN4O2S/c1-19-8-7-17-15(19)23-10-14(22)20(2)9-13(21)18-12-6-4-3-5-11(12)16/h3-8H,9-10H2,1-2H3,(H,18,21). The molecule has 0 fully saturated rings. The average molecular weight is 353 g/mol. The molecule has 1 N–H and O–H groups in total. The Hall–Kier alpha value is -1.99. The van der Waals surface area contributed by atoms with Gasteiger partial charge in [-0.1, -0.05) is 35.5 Å². The lowest BCUT2D eigenvalue weighted by molar-refractivity contribution is -0.131. The van der Waals surface area contributed by atoms with E-state index in [1.54, 1.807) is 37.5 Å². The van der Waals surface area contributed by atoms with E-state index in [-0.39, 0.29) is 24.1 Å². The lowest BCUT2D eigenvalue weighted by Gasteiger charge is -2.16. The van der Waals surface area contributed by atoms with Crippen LogP contribution in [0.3, 0.4) is 0 Å². The molecular weight excluding hydrogens is 336 g/mol. The molecule has 6 nitrogen and oxygen atoms in total. The Morgan fingerprint density at radius 2 is 2.13 bits per heavy atom. The zero-order valence-corrected chi connectivity index (χ0v) is 14.4. The first-order valence-electron chi connectivity index (χ1n) is 6.86. The van der Waals surface area contributed by atoms with Crippen LogP contribution in [0, 0.1) is 0 Å². The second-order valence-electron chi connectivity index (χ2n) is 4.89. The van der Waals surface area contributed by atoms with E-state index in [0.717, 1.165) is 5.16 Å². The van der Waals surface area contributed by atoms with Crippen molar-refractivity contribution < 1.29 is 9.59 Å². The van der Waals surface area contributed by atoms with Crippen molar-refractivity contribution in [3.63, 3.8) is 0 Å². The highest BCUT2D eigenvalue weighted by Crippen LogP contribution is 2.20. The van der Waals surface area contributed by atoms with Gasteiger partial charge in [-0.05, 0) is 12.1 Å². The molecule has 1 heterocycles. The number of carbonyl (C=O) groups is 2. The summed E-state index contributed by atoms with van der Waals surface area (Å²) in [7, 11) is 3.45. The molecule has 0 aliphatic rings. The molecule has 2 aromatic rings. The number of carbonyl (C=O) groups excluding carboxylic acids is 2. The highest BCUT2D eigenvalue weighted by Gasteiger charge is 2.15. The van der Waals surface area contributed by atoms with Gasteiger partial charge in [0.1, 0.15) is 0 Å². The summed E-state index contributed by atoms with van der Waals surface area (Å²) >= 11 is 7.31. The van der Waals surface area contributed by atoms with E-state index < -0.39 is 0 Å². The van der Waals surface area contributed by atoms with E-state index in [4.69, 9.17) is 11.6 Å². The molecular formula is C15H17ClN4O2S. The number of rotatable bonds is 6. The number of likely N-dealkylation sites (N-methyl/N-ethyl adjacent to an activating group) is 1. The van der Waals surface area contributed by atoms with Crippen LogP contribution in [0.2, 0.25) is 5.02 Å². The van der Waals surface area contributed by atoms with Gasteiger partial charge < -0.3 is 14.8 Å². The van der Waals surface area contributed by atoms with E-state index >= 15 is 0 Å². The van der Waals surface area contributed by atoms with Crippen molar-refractivity contribution >= 4 is 40.9 Å². The molecule has 0 aliphatic heterocycles. The molecule has 0 atom stereocenters. The van der Waals surface area contributed by atoms with E-state index in [0.29, 0.717) is 10.7 Å². The molecule has 122 valence electrons. The van der Waals surface area contributed by atoms with E-state index in [1.165, 1.54) is 16.7 Å². The van der Waals surface area contributed by atoms with Gasteiger partial charge in [0.2, 0.25) is 11.8 Å². The molecule has 0 spiro atoms. The number of aryl methyl sites for hydroxylation is 1. The van der Waals surface area contributed by atoms with E-state index in [2.05, 4.69) is 10.3 Å². The fraction of sp³-hybridized carbons (Fsp3) is 0.267. The van der Waals surface area contributed by atoms with Crippen molar-refractivity contribution in [2.24, 2.45) is 7.05 Å². The Labute approximate surface area is 143 Å². The molecule has 0 unspecified atom stereocenters. The van der Waals surface area contributed by atoms with Crippen LogP contribution in [0.15, 0.2) is 41.8 Å². The van der Waals surface area contributed by atoms with Crippen LogP contribution in [-0.2, 0) is 16.6 Å². The maximum absolute atomic E-state index is 12.1. The molecule has 0 aliphatic carbocycles. The zero-order valence-electron chi connectivity index (χ0n) is 12.8. The van der Waals surface area contributed by atoms with Gasteiger partial charge in [-0.15, -0.1) is 0 Å². The van der Waals surface area contributed by atoms with Crippen molar-refractivity contribution in [2.45, 2.75) is 5.16 Å². The van der Waals surface area contributed by atoms with Crippen LogP contribution in [0.1, 0.15) is 0 Å². The molecule has 2 amide bonds. The van der Waals surface area contributed by atoms with Gasteiger partial charge in [-0.3, -0.25) is 9.59 Å². The van der Waals surface area contributed by atoms with Crippen LogP contribution in [0.4, 0.5) is 5.69 Å². The van der Waals surface area contributed by atoms with E-state index in [9.17, 15) is 9.59 Å². The van der Waals surface area contributed by atoms with Crippen LogP contribution in [0.25, 0.3) is 0 Å². The van der Waals surface area contributed by atoms with Gasteiger partial charge >= 0.3 is 0 Å². The minimum Gasteiger partial charge on any atom is -0.336 e. The molecule has 1 aromatic carbocycles. The number of benzene rings is 1. The van der Waals surface area contributed by atoms with Crippen LogP contribution in [0.5, 0.6) is 0 Å². The second kappa shape index (κ2) is 8.03. The number of anilines is 1. The van der Waals surface area contributed by atoms with Crippen LogP contribution >= 0.6 is 23.4 Å². The Morgan fingerprint density at radius 3 is 2.78 bits per heavy atom. The van der Waals surface area contributed by atoms with Crippen molar-refractivity contribution in [3.05, 3.63) is 41.7 Å². The predicted octanol–water partition coefficient (Wildman–Crippen LogP) is 2.26. The SMILES string of the molecule is CN(CC(=O)Nc1ccccc1Cl)C(=O)CSc1nccn1C. The summed E-state index contributed by atoms with van der Waals surface area (Å²) in [5.41, 5.74) is 0.530. The summed E-state index contributed by atoms with van der Waals surface area (Å²) in [4.78, 5) is 29.6. The lowest BCUT2D eigenvalue weighted by Crippen LogP contribution is -2.36. The first-order valence-corrected chi connectivity index (χ1v) is 8.22. The topological polar surface area (TPSA) is 67.2 Å². The number of aromatic nitrogens is 2. The maximum atomic E-state index is 12.1. The molecule has 0 radical (unpaired) electrons. The summed E-state index contributed by atoms with van der Waals surface area (Å²) in [6, 6.07) is 6.96. The van der Waals surface area contributed by atoms with Crippen molar-refractivity contribution in [2.75, 3.05) is 24.7 Å². The first kappa shape index (κ1) is 17.4. The number of hydrogen-bond donors (Lipinski definition) is 1. The van der Waals surface area contributed by atoms with Crippen molar-refractivity contribution in [1.82, 2.24) is 14.5 Å². The van der Waals surface area contributed by atoms with Crippen molar-refractivity contribution in [3.8, 4) is 0 Å². The third-order valence-electron chi connectivity index (χ3n) is 3.06. The Kier molecular flexibility index (Phi) is 6.06. The minimum atomic E-state index is -0.295. The second-order valence-corrected chi connectivity index (χ2v) is 6.24. The molecule has 2 rings (SSSR count). The van der Waals surface area contributed by atoms with Crippen LogP contribution in [-0.4, -0.2) is 45.6 Å². The lowest BCUT2D eigenvalue weighted by atomic mass is 10.3. The Bertz CT molecular complexity index is 704. The maximum Gasteiger partial charge on any atom is 0.244 e. The Morgan fingerprint density at radius 1 is 1.39 bits per heavy atom. The van der Waals surface area contributed by atoms with Gasteiger partial charge in [-0.25, -0.2) is 4.98 Å². The van der Waals surface area contributed by atoms with Gasteiger partial charge in [0, 0.05) is 26.5 Å². The third-order valence-corrected chi connectivity index (χ3v) is 4.43. The summed E-state index contributed by atoms with van der Waals surface area (Å²) in [5, 5.41) is 3.90. The normalized spacial score (nSPS) is 10.4. The fourth-order valence-corrected chi connectivity index (χ4v) is 2.84. The summed E-state index contributed by atoms with van der Waals surface area (Å²) in [6.07, 6.45) is 3.49. The zero-order chi connectivity index (χ0) is 16.8. The highest BCUT2D eigenvalue weighted by atomic mass is 35.5. The average Bonchev–Trinajstić information content (AvgIpc) is 2.92. The first-order chi connectivity index (χ1) is 11.0. The third kappa shape index (κ3) is 5.01. The van der Waals surface area contributed by atoms with Gasteiger partial charge in [0.15, 0.2) is 5.16 Å². The Balaban J connectivity index is 1.82. The molecule has 23 heavy (non-hydrogen) atoms. The number of para-hydroxylation sites is 1. The molecule has 0 bridgehead atoms. The van der Waals surface area contributed by atoms with Gasteiger partial charge in [-0.2, -0.15) is 0 Å². The number of thioether (sulfide) groups is 1. The van der Waals surface area contributed by atoms with E-state index in [1.807, 2.05) is 17.8 Å². The number of nitrogens with one attached hydrogen (secondary N) is 1. The summed E-state index contributed by atoms with van der Waals surface area (Å²) in [5.74, 6) is -0.218. The molecule has 0 saturated carbocycles. The predicted molar refractivity (Wildman–Crippen MR) is 91.7 cm³/mol. The quantitative estimate of drug-likeness (QED) is 0.810. The van der Waals surface area contributed by atoms with Crippen molar-refractivity contribution in [1.29, 1.82) is 0 Å². The number of halogens is 1. The number of imidazole rings is 1.